The first-order valence-electron chi connectivity index (χ1n) is 8.95. The van der Waals surface area contributed by atoms with Crippen LogP contribution in [0.25, 0.3) is 0 Å². The minimum atomic E-state index is -0.865. The van der Waals surface area contributed by atoms with Gasteiger partial charge in [0.2, 0.25) is 0 Å². The number of nitrogens with zero attached hydrogens (tertiary/aromatic N) is 1. The topological polar surface area (TPSA) is 98.7 Å². The van der Waals surface area contributed by atoms with Crippen molar-refractivity contribution in [3.05, 3.63) is 29.3 Å². The maximum Gasteiger partial charge on any atom is 0.321 e. The summed E-state index contributed by atoms with van der Waals surface area (Å²) in [6.45, 7) is 7.25. The van der Waals surface area contributed by atoms with Crippen LogP contribution in [-0.2, 0) is 4.79 Å². The number of carbonyl (C=O) groups excluding carboxylic acids is 2. The number of nitrogens with one attached hydrogen (secondary N) is 2. The molecule has 1 aromatic rings. The monoisotopic (exact) mass is 361 g/mol. The molecule has 142 valence electrons. The normalized spacial score (nSPS) is 17.1. The van der Waals surface area contributed by atoms with Gasteiger partial charge in [0.15, 0.2) is 0 Å². The number of urea groups is 1. The SMILES string of the molecule is Cc1cc(C(=O)NCC(C)C)ccc1NC(=O)N1CCCC(C(=O)O)C1. The lowest BCUT2D eigenvalue weighted by molar-refractivity contribution is -0.143. The van der Waals surface area contributed by atoms with E-state index in [2.05, 4.69) is 10.6 Å². The van der Waals surface area contributed by atoms with Gasteiger partial charge in [-0.1, -0.05) is 13.8 Å². The number of carbonyl (C=O) groups is 3. The van der Waals surface area contributed by atoms with Crippen molar-refractivity contribution in [2.24, 2.45) is 11.8 Å². The Morgan fingerprint density at radius 1 is 1.31 bits per heavy atom. The van der Waals surface area contributed by atoms with Crippen molar-refractivity contribution >= 4 is 23.6 Å². The fourth-order valence-corrected chi connectivity index (χ4v) is 2.90. The Bertz CT molecular complexity index is 687. The van der Waals surface area contributed by atoms with E-state index in [0.717, 1.165) is 5.56 Å². The van der Waals surface area contributed by atoms with Gasteiger partial charge in [0.05, 0.1) is 5.92 Å². The molecule has 7 heteroatoms. The first-order chi connectivity index (χ1) is 12.3. The lowest BCUT2D eigenvalue weighted by Crippen LogP contribution is -2.44. The van der Waals surface area contributed by atoms with Crippen molar-refractivity contribution in [2.45, 2.75) is 33.6 Å². The van der Waals surface area contributed by atoms with E-state index in [1.807, 2.05) is 20.8 Å². The number of anilines is 1. The fourth-order valence-electron chi connectivity index (χ4n) is 2.90. The lowest BCUT2D eigenvalue weighted by atomic mass is 9.99. The van der Waals surface area contributed by atoms with Gasteiger partial charge in [-0.2, -0.15) is 0 Å². The minimum Gasteiger partial charge on any atom is -0.481 e. The van der Waals surface area contributed by atoms with E-state index in [-0.39, 0.29) is 18.5 Å². The van der Waals surface area contributed by atoms with E-state index in [1.54, 1.807) is 18.2 Å². The zero-order valence-corrected chi connectivity index (χ0v) is 15.5. The molecule has 0 saturated carbocycles. The van der Waals surface area contributed by atoms with E-state index in [1.165, 1.54) is 4.90 Å². The molecule has 1 aliphatic heterocycles. The van der Waals surface area contributed by atoms with Gasteiger partial charge in [-0.05, 0) is 49.4 Å². The highest BCUT2D eigenvalue weighted by Gasteiger charge is 2.28. The van der Waals surface area contributed by atoms with Crippen molar-refractivity contribution < 1.29 is 19.5 Å². The summed E-state index contributed by atoms with van der Waals surface area (Å²) in [6.07, 6.45) is 1.27. The molecule has 2 rings (SSSR count). The standard InChI is InChI=1S/C19H27N3O4/c1-12(2)10-20-17(23)14-6-7-16(13(3)9-14)21-19(26)22-8-4-5-15(11-22)18(24)25/h6-7,9,12,15H,4-5,8,10-11H2,1-3H3,(H,20,23)(H,21,26)(H,24,25). The highest BCUT2D eigenvalue weighted by molar-refractivity contribution is 5.96. The number of rotatable bonds is 5. The number of likely N-dealkylation sites (tertiary alicyclic amines) is 1. The molecule has 1 atom stereocenters. The van der Waals surface area contributed by atoms with Crippen LogP contribution in [0.2, 0.25) is 0 Å². The second-order valence-electron chi connectivity index (χ2n) is 7.19. The van der Waals surface area contributed by atoms with E-state index < -0.39 is 11.9 Å². The first kappa shape index (κ1) is 19.8. The van der Waals surface area contributed by atoms with Gasteiger partial charge in [0, 0.05) is 30.9 Å². The molecule has 1 aromatic carbocycles. The van der Waals surface area contributed by atoms with E-state index in [9.17, 15) is 14.4 Å². The van der Waals surface area contributed by atoms with Crippen molar-refractivity contribution in [2.75, 3.05) is 25.0 Å². The zero-order chi connectivity index (χ0) is 19.3. The Kier molecular flexibility index (Phi) is 6.60. The minimum absolute atomic E-state index is 0.139. The Labute approximate surface area is 153 Å². The van der Waals surface area contributed by atoms with Crippen LogP contribution in [0.1, 0.15) is 42.6 Å². The fraction of sp³-hybridized carbons (Fsp3) is 0.526. The molecule has 0 aliphatic carbocycles. The highest BCUT2D eigenvalue weighted by Crippen LogP contribution is 2.20. The molecule has 0 bridgehead atoms. The lowest BCUT2D eigenvalue weighted by Gasteiger charge is -2.30. The number of aryl methyl sites for hydroxylation is 1. The quantitative estimate of drug-likeness (QED) is 0.751. The Hall–Kier alpha value is -2.57. The van der Waals surface area contributed by atoms with E-state index in [4.69, 9.17) is 5.11 Å². The van der Waals surface area contributed by atoms with Crippen LogP contribution in [0.4, 0.5) is 10.5 Å². The molecule has 1 fully saturated rings. The predicted molar refractivity (Wildman–Crippen MR) is 99.3 cm³/mol. The molecular formula is C19H27N3O4. The van der Waals surface area contributed by atoms with Gasteiger partial charge >= 0.3 is 12.0 Å². The molecule has 0 radical (unpaired) electrons. The number of piperidine rings is 1. The maximum absolute atomic E-state index is 12.4. The van der Waals surface area contributed by atoms with Crippen molar-refractivity contribution in [3.63, 3.8) is 0 Å². The molecule has 1 saturated heterocycles. The predicted octanol–water partition coefficient (Wildman–Crippen LogP) is 2.71. The van der Waals surface area contributed by atoms with Gasteiger partial charge < -0.3 is 20.6 Å². The molecule has 1 heterocycles. The number of amides is 3. The Morgan fingerprint density at radius 2 is 2.04 bits per heavy atom. The number of hydrogen-bond donors (Lipinski definition) is 3. The number of aliphatic carboxylic acids is 1. The van der Waals surface area contributed by atoms with Crippen LogP contribution in [0.15, 0.2) is 18.2 Å². The van der Waals surface area contributed by atoms with Crippen LogP contribution in [-0.4, -0.2) is 47.5 Å². The highest BCUT2D eigenvalue weighted by atomic mass is 16.4. The summed E-state index contributed by atoms with van der Waals surface area (Å²) >= 11 is 0. The van der Waals surface area contributed by atoms with Crippen LogP contribution >= 0.6 is 0 Å². The molecule has 1 aliphatic rings. The number of carboxylic acids is 1. The van der Waals surface area contributed by atoms with Crippen LogP contribution in [0.5, 0.6) is 0 Å². The van der Waals surface area contributed by atoms with Crippen LogP contribution < -0.4 is 10.6 Å². The number of carboxylic acid groups (broad SMARTS) is 1. The molecule has 0 aromatic heterocycles. The van der Waals surface area contributed by atoms with Crippen LogP contribution in [0.3, 0.4) is 0 Å². The Balaban J connectivity index is 2.00. The number of hydrogen-bond acceptors (Lipinski definition) is 3. The van der Waals surface area contributed by atoms with Crippen LogP contribution in [0, 0.1) is 18.8 Å². The molecule has 3 N–H and O–H groups in total. The molecular weight excluding hydrogens is 334 g/mol. The Morgan fingerprint density at radius 3 is 2.65 bits per heavy atom. The summed E-state index contributed by atoms with van der Waals surface area (Å²) in [4.78, 5) is 37.2. The van der Waals surface area contributed by atoms with Crippen molar-refractivity contribution in [3.8, 4) is 0 Å². The molecule has 26 heavy (non-hydrogen) atoms. The third-order valence-corrected chi connectivity index (χ3v) is 4.46. The summed E-state index contributed by atoms with van der Waals surface area (Å²) in [5.41, 5.74) is 1.94. The molecule has 0 spiro atoms. The average molecular weight is 361 g/mol. The van der Waals surface area contributed by atoms with Gasteiger partial charge in [0.25, 0.3) is 5.91 Å². The average Bonchev–Trinajstić information content (AvgIpc) is 2.61. The summed E-state index contributed by atoms with van der Waals surface area (Å²) in [6, 6.07) is 4.81. The summed E-state index contributed by atoms with van der Waals surface area (Å²) in [7, 11) is 0. The van der Waals surface area contributed by atoms with Gasteiger partial charge in [0.1, 0.15) is 0 Å². The van der Waals surface area contributed by atoms with Gasteiger partial charge in [-0.15, -0.1) is 0 Å². The van der Waals surface area contributed by atoms with Gasteiger partial charge in [-0.25, -0.2) is 4.79 Å². The third kappa shape index (κ3) is 5.21. The van der Waals surface area contributed by atoms with E-state index in [0.29, 0.717) is 43.1 Å². The molecule has 3 amide bonds. The molecule has 1 unspecified atom stereocenters. The summed E-state index contributed by atoms with van der Waals surface area (Å²) in [5.74, 6) is -1.14. The second-order valence-corrected chi connectivity index (χ2v) is 7.19. The molecule has 7 nitrogen and oxygen atoms in total. The first-order valence-corrected chi connectivity index (χ1v) is 8.95. The van der Waals surface area contributed by atoms with E-state index >= 15 is 0 Å². The zero-order valence-electron chi connectivity index (χ0n) is 15.5. The summed E-state index contributed by atoms with van der Waals surface area (Å²) in [5, 5.41) is 14.8. The maximum atomic E-state index is 12.4. The van der Waals surface area contributed by atoms with Crippen molar-refractivity contribution in [1.29, 1.82) is 0 Å². The summed E-state index contributed by atoms with van der Waals surface area (Å²) < 4.78 is 0. The largest absolute Gasteiger partial charge is 0.481 e. The smallest absolute Gasteiger partial charge is 0.321 e. The third-order valence-electron chi connectivity index (χ3n) is 4.46. The second kappa shape index (κ2) is 8.69. The van der Waals surface area contributed by atoms with Crippen molar-refractivity contribution in [1.82, 2.24) is 10.2 Å². The van der Waals surface area contributed by atoms with Gasteiger partial charge in [-0.3, -0.25) is 9.59 Å². The number of benzene rings is 1.